The highest BCUT2D eigenvalue weighted by Crippen LogP contribution is 2.32. The van der Waals surface area contributed by atoms with Crippen molar-refractivity contribution in [2.45, 2.75) is 4.90 Å². The van der Waals surface area contributed by atoms with E-state index in [1.165, 1.54) is 30.6 Å². The second-order valence-corrected chi connectivity index (χ2v) is 7.01. The van der Waals surface area contributed by atoms with Crippen LogP contribution in [0.5, 0.6) is 0 Å². The molecular weight excluding hydrogens is 342 g/mol. The first-order valence-corrected chi connectivity index (χ1v) is 8.28. The van der Waals surface area contributed by atoms with Crippen molar-refractivity contribution < 1.29 is 18.0 Å². The maximum Gasteiger partial charge on any atom is 0.269 e. The fourth-order valence-electron chi connectivity index (χ4n) is 2.17. The van der Waals surface area contributed by atoms with Crippen LogP contribution in [-0.2, 0) is 14.8 Å². The molecule has 0 aliphatic carbocycles. The molecular formula is C14H10ClN3O4S. The van der Waals surface area contributed by atoms with Crippen molar-refractivity contribution in [3.05, 3.63) is 53.3 Å². The van der Waals surface area contributed by atoms with Crippen molar-refractivity contribution in [3.8, 4) is 0 Å². The quantitative estimate of drug-likeness (QED) is 0.904. The minimum absolute atomic E-state index is 0.00566. The number of amides is 2. The van der Waals surface area contributed by atoms with E-state index < -0.39 is 28.4 Å². The topological polar surface area (TPSA) is 96.4 Å². The highest BCUT2D eigenvalue weighted by atomic mass is 35.5. The van der Waals surface area contributed by atoms with Crippen LogP contribution in [0.4, 0.5) is 5.69 Å². The molecule has 23 heavy (non-hydrogen) atoms. The molecule has 0 saturated carbocycles. The van der Waals surface area contributed by atoms with Gasteiger partial charge in [0.05, 0.1) is 5.56 Å². The Kier molecular flexibility index (Phi) is 3.78. The van der Waals surface area contributed by atoms with E-state index >= 15 is 0 Å². The molecule has 0 unspecified atom stereocenters. The van der Waals surface area contributed by atoms with E-state index in [9.17, 15) is 18.0 Å². The number of carbonyl (C=O) groups excluding carboxylic acids is 2. The molecule has 1 aliphatic heterocycles. The number of anilines is 1. The Hall–Kier alpha value is -2.45. The Morgan fingerprint density at radius 1 is 1.22 bits per heavy atom. The summed E-state index contributed by atoms with van der Waals surface area (Å²) in [5.41, 5.74) is 0.459. The van der Waals surface area contributed by atoms with Crippen molar-refractivity contribution in [2.75, 3.05) is 11.9 Å². The number of fused-ring (bicyclic) bond motifs is 1. The van der Waals surface area contributed by atoms with Crippen molar-refractivity contribution in [1.82, 2.24) is 9.29 Å². The lowest BCUT2D eigenvalue weighted by molar-refractivity contribution is -0.116. The molecule has 0 fully saturated rings. The summed E-state index contributed by atoms with van der Waals surface area (Å²) in [4.78, 5) is 27.8. The molecule has 9 heteroatoms. The van der Waals surface area contributed by atoms with Crippen LogP contribution in [-0.4, -0.2) is 36.1 Å². The molecule has 0 spiro atoms. The predicted octanol–water partition coefficient (Wildman–Crippen LogP) is 1.52. The molecule has 7 nitrogen and oxygen atoms in total. The summed E-state index contributed by atoms with van der Waals surface area (Å²) >= 11 is 5.78. The number of benzene rings is 1. The third-order valence-corrected chi connectivity index (χ3v) is 5.22. The summed E-state index contributed by atoms with van der Waals surface area (Å²) in [6, 6.07) is 7.05. The molecule has 3 rings (SSSR count). The van der Waals surface area contributed by atoms with E-state index in [1.54, 1.807) is 12.1 Å². The summed E-state index contributed by atoms with van der Waals surface area (Å²) < 4.78 is 25.3. The smallest absolute Gasteiger partial charge is 0.269 e. The fourth-order valence-corrected chi connectivity index (χ4v) is 3.96. The van der Waals surface area contributed by atoms with Gasteiger partial charge >= 0.3 is 0 Å². The number of nitrogens with zero attached hydrogens (tertiary/aromatic N) is 2. The molecule has 2 amide bonds. The van der Waals surface area contributed by atoms with Gasteiger partial charge < -0.3 is 5.32 Å². The second-order valence-electron chi connectivity index (χ2n) is 4.74. The number of sulfonamides is 1. The summed E-state index contributed by atoms with van der Waals surface area (Å²) in [5, 5.41) is 2.70. The molecule has 1 aromatic heterocycles. The van der Waals surface area contributed by atoms with Gasteiger partial charge in [0.25, 0.3) is 15.9 Å². The van der Waals surface area contributed by atoms with Crippen molar-refractivity contribution in [3.63, 3.8) is 0 Å². The fraction of sp³-hybridized carbons (Fsp3) is 0.0714. The SMILES string of the molecule is O=C(CN1C(=O)c2ccc(Cl)cc2S1(=O)=O)Nc1ccncc1. The van der Waals surface area contributed by atoms with Crippen LogP contribution in [0.3, 0.4) is 0 Å². The zero-order valence-electron chi connectivity index (χ0n) is 11.6. The number of hydrogen-bond acceptors (Lipinski definition) is 5. The molecule has 0 bridgehead atoms. The average Bonchev–Trinajstić information content (AvgIpc) is 2.69. The van der Waals surface area contributed by atoms with Crippen molar-refractivity contribution in [1.29, 1.82) is 0 Å². The maximum atomic E-state index is 12.4. The zero-order chi connectivity index (χ0) is 16.6. The van der Waals surface area contributed by atoms with Crippen LogP contribution in [0.2, 0.25) is 5.02 Å². The summed E-state index contributed by atoms with van der Waals surface area (Å²) in [5.74, 6) is -1.38. The number of aromatic nitrogens is 1. The van der Waals surface area contributed by atoms with E-state index in [4.69, 9.17) is 11.6 Å². The summed E-state index contributed by atoms with van der Waals surface area (Å²) in [6.45, 7) is -0.615. The van der Waals surface area contributed by atoms with Gasteiger partial charge in [-0.25, -0.2) is 12.7 Å². The highest BCUT2D eigenvalue weighted by molar-refractivity contribution is 7.90. The third-order valence-electron chi connectivity index (χ3n) is 3.22. The molecule has 118 valence electrons. The van der Waals surface area contributed by atoms with Crippen molar-refractivity contribution in [2.24, 2.45) is 0 Å². The number of hydrogen-bond donors (Lipinski definition) is 1. The molecule has 1 N–H and O–H groups in total. The van der Waals surface area contributed by atoms with E-state index in [0.29, 0.717) is 9.99 Å². The second kappa shape index (κ2) is 5.64. The molecule has 0 atom stereocenters. The first kappa shape index (κ1) is 15.4. The van der Waals surface area contributed by atoms with Crippen LogP contribution in [0, 0.1) is 0 Å². The Morgan fingerprint density at radius 3 is 2.61 bits per heavy atom. The standard InChI is InChI=1S/C14H10ClN3O4S/c15-9-1-2-11-12(7-9)23(21,22)18(14(11)20)8-13(19)17-10-3-5-16-6-4-10/h1-7H,8H2,(H,16,17,19). The Morgan fingerprint density at radius 2 is 1.91 bits per heavy atom. The minimum atomic E-state index is -4.08. The lowest BCUT2D eigenvalue weighted by atomic mass is 10.2. The van der Waals surface area contributed by atoms with Crippen LogP contribution < -0.4 is 5.32 Å². The van der Waals surface area contributed by atoms with Crippen LogP contribution >= 0.6 is 11.6 Å². The Balaban J connectivity index is 1.84. The van der Waals surface area contributed by atoms with Gasteiger partial charge in [0.1, 0.15) is 11.4 Å². The minimum Gasteiger partial charge on any atom is -0.324 e. The molecule has 2 heterocycles. The van der Waals surface area contributed by atoms with Gasteiger partial charge in [-0.2, -0.15) is 0 Å². The van der Waals surface area contributed by atoms with E-state index in [2.05, 4.69) is 10.3 Å². The van der Waals surface area contributed by atoms with E-state index in [1.807, 2.05) is 0 Å². The van der Waals surface area contributed by atoms with Crippen molar-refractivity contribution >= 4 is 39.1 Å². The van der Waals surface area contributed by atoms with Gasteiger partial charge in [-0.3, -0.25) is 14.6 Å². The van der Waals surface area contributed by atoms with Gasteiger partial charge in [-0.1, -0.05) is 11.6 Å². The molecule has 1 aliphatic rings. The molecule has 2 aromatic rings. The Labute approximate surface area is 136 Å². The van der Waals surface area contributed by atoms with Crippen LogP contribution in [0.1, 0.15) is 10.4 Å². The first-order chi connectivity index (χ1) is 10.9. The zero-order valence-corrected chi connectivity index (χ0v) is 13.1. The monoisotopic (exact) mass is 351 g/mol. The summed E-state index contributed by atoms with van der Waals surface area (Å²) in [7, 11) is -4.08. The highest BCUT2D eigenvalue weighted by Gasteiger charge is 2.42. The van der Waals surface area contributed by atoms with Gasteiger partial charge in [0, 0.05) is 23.1 Å². The number of rotatable bonds is 3. The summed E-state index contributed by atoms with van der Waals surface area (Å²) in [6.07, 6.45) is 2.95. The Bertz CT molecular complexity index is 899. The normalized spacial score (nSPS) is 15.3. The van der Waals surface area contributed by atoms with Gasteiger partial charge in [0.2, 0.25) is 5.91 Å². The van der Waals surface area contributed by atoms with Crippen LogP contribution in [0.15, 0.2) is 47.6 Å². The molecule has 1 aromatic carbocycles. The lowest BCUT2D eigenvalue weighted by Gasteiger charge is -2.14. The predicted molar refractivity (Wildman–Crippen MR) is 82.5 cm³/mol. The third kappa shape index (κ3) is 2.78. The van der Waals surface area contributed by atoms with Gasteiger partial charge in [-0.15, -0.1) is 0 Å². The lowest BCUT2D eigenvalue weighted by Crippen LogP contribution is -2.37. The maximum absolute atomic E-state index is 12.4. The average molecular weight is 352 g/mol. The largest absolute Gasteiger partial charge is 0.324 e. The number of halogens is 1. The number of nitrogens with one attached hydrogen (secondary N) is 1. The van der Waals surface area contributed by atoms with E-state index in [0.717, 1.165) is 0 Å². The van der Waals surface area contributed by atoms with Crippen LogP contribution in [0.25, 0.3) is 0 Å². The van der Waals surface area contributed by atoms with Gasteiger partial charge in [0.15, 0.2) is 0 Å². The number of pyridine rings is 1. The first-order valence-electron chi connectivity index (χ1n) is 6.46. The van der Waals surface area contributed by atoms with E-state index in [-0.39, 0.29) is 15.5 Å². The number of carbonyl (C=O) groups is 2. The molecule has 0 radical (unpaired) electrons. The molecule has 0 saturated heterocycles. The van der Waals surface area contributed by atoms with Gasteiger partial charge in [-0.05, 0) is 30.3 Å².